The second-order valence-corrected chi connectivity index (χ2v) is 10.4. The Morgan fingerprint density at radius 3 is 2.24 bits per heavy atom. The zero-order valence-electron chi connectivity index (χ0n) is 21.8. The van der Waals surface area contributed by atoms with E-state index in [1.165, 1.54) is 24.3 Å². The largest absolute Gasteiger partial charge is 0.368 e. The van der Waals surface area contributed by atoms with Crippen molar-refractivity contribution in [3.63, 3.8) is 0 Å². The van der Waals surface area contributed by atoms with Gasteiger partial charge in [0, 0.05) is 62.9 Å². The summed E-state index contributed by atoms with van der Waals surface area (Å²) in [6.45, 7) is 5.45. The SMILES string of the molecule is O=C(Nc1cc(C(=O)N2CCCNCC2)ccc1N1CCCN(C(=O)c2ccc(F)cc2)CC1)C1CCC1. The summed E-state index contributed by atoms with van der Waals surface area (Å²) in [4.78, 5) is 45.1. The van der Waals surface area contributed by atoms with Crippen molar-refractivity contribution in [3.8, 4) is 0 Å². The van der Waals surface area contributed by atoms with E-state index in [2.05, 4.69) is 15.5 Å². The van der Waals surface area contributed by atoms with Gasteiger partial charge in [-0.3, -0.25) is 14.4 Å². The Bertz CT molecular complexity index is 1160. The lowest BCUT2D eigenvalue weighted by molar-refractivity contribution is -0.122. The zero-order chi connectivity index (χ0) is 26.5. The summed E-state index contributed by atoms with van der Waals surface area (Å²) < 4.78 is 13.3. The highest BCUT2D eigenvalue weighted by atomic mass is 19.1. The molecule has 0 atom stereocenters. The molecule has 3 fully saturated rings. The number of hydrogen-bond acceptors (Lipinski definition) is 5. The fourth-order valence-electron chi connectivity index (χ4n) is 5.32. The van der Waals surface area contributed by atoms with Crippen LogP contribution in [0.2, 0.25) is 0 Å². The monoisotopic (exact) mass is 521 g/mol. The minimum absolute atomic E-state index is 0.00371. The van der Waals surface area contributed by atoms with Crippen LogP contribution in [0.4, 0.5) is 15.8 Å². The van der Waals surface area contributed by atoms with Crippen LogP contribution in [0.25, 0.3) is 0 Å². The van der Waals surface area contributed by atoms with Crippen molar-refractivity contribution < 1.29 is 18.8 Å². The lowest BCUT2D eigenvalue weighted by atomic mass is 9.85. The van der Waals surface area contributed by atoms with E-state index >= 15 is 0 Å². The summed E-state index contributed by atoms with van der Waals surface area (Å²) in [5.74, 6) is -0.477. The Hall–Kier alpha value is -3.46. The highest BCUT2D eigenvalue weighted by Crippen LogP contribution is 2.32. The van der Waals surface area contributed by atoms with Crippen molar-refractivity contribution >= 4 is 29.1 Å². The Morgan fingerprint density at radius 2 is 1.47 bits per heavy atom. The maximum Gasteiger partial charge on any atom is 0.253 e. The molecular formula is C29H36FN5O3. The Morgan fingerprint density at radius 1 is 0.763 bits per heavy atom. The van der Waals surface area contributed by atoms with Crippen LogP contribution in [0.1, 0.15) is 52.8 Å². The Kier molecular flexibility index (Phi) is 8.22. The molecule has 2 aliphatic heterocycles. The first-order valence-corrected chi connectivity index (χ1v) is 13.7. The number of nitrogens with one attached hydrogen (secondary N) is 2. The van der Waals surface area contributed by atoms with Crippen molar-refractivity contribution in [2.75, 3.05) is 62.6 Å². The van der Waals surface area contributed by atoms with Gasteiger partial charge in [-0.1, -0.05) is 6.42 Å². The minimum Gasteiger partial charge on any atom is -0.368 e. The van der Waals surface area contributed by atoms with Gasteiger partial charge in [-0.25, -0.2) is 4.39 Å². The third-order valence-electron chi connectivity index (χ3n) is 7.82. The van der Waals surface area contributed by atoms with E-state index < -0.39 is 0 Å². The van der Waals surface area contributed by atoms with Gasteiger partial charge in [0.2, 0.25) is 5.91 Å². The first kappa shape index (κ1) is 26.2. The number of benzene rings is 2. The average Bonchev–Trinajstić information content (AvgIpc) is 3.31. The standard InChI is InChI=1S/C29H36FN5O3/c30-24-9-6-22(7-10-24)28(37)35-16-3-15-33(18-19-35)26-11-8-23(29(38)34-14-2-12-31-13-17-34)20-25(26)32-27(36)21-4-1-5-21/h6-11,20-21,31H,1-5,12-19H2,(H,32,36). The van der Waals surface area contributed by atoms with E-state index in [0.717, 1.165) is 50.9 Å². The number of carbonyl (C=O) groups is 3. The van der Waals surface area contributed by atoms with Crippen LogP contribution in [0.15, 0.2) is 42.5 Å². The molecule has 0 aromatic heterocycles. The molecule has 2 heterocycles. The molecule has 8 nitrogen and oxygen atoms in total. The quantitative estimate of drug-likeness (QED) is 0.631. The number of hydrogen-bond donors (Lipinski definition) is 2. The molecule has 0 bridgehead atoms. The first-order chi connectivity index (χ1) is 18.5. The second kappa shape index (κ2) is 11.9. The van der Waals surface area contributed by atoms with E-state index in [4.69, 9.17) is 0 Å². The van der Waals surface area contributed by atoms with E-state index in [-0.39, 0.29) is 29.5 Å². The molecule has 2 aromatic carbocycles. The average molecular weight is 522 g/mol. The lowest BCUT2D eigenvalue weighted by Gasteiger charge is -2.29. The number of carbonyl (C=O) groups excluding carboxylic acids is 3. The summed E-state index contributed by atoms with van der Waals surface area (Å²) in [6, 6.07) is 11.2. The summed E-state index contributed by atoms with van der Waals surface area (Å²) >= 11 is 0. The minimum atomic E-state index is -0.366. The topological polar surface area (TPSA) is 85.0 Å². The van der Waals surface area contributed by atoms with Crippen molar-refractivity contribution in [2.45, 2.75) is 32.1 Å². The van der Waals surface area contributed by atoms with E-state index in [1.54, 1.807) is 4.90 Å². The van der Waals surface area contributed by atoms with Gasteiger partial charge in [-0.05, 0) is 74.7 Å². The molecule has 2 aromatic rings. The molecule has 5 rings (SSSR count). The zero-order valence-corrected chi connectivity index (χ0v) is 21.8. The lowest BCUT2D eigenvalue weighted by Crippen LogP contribution is -2.36. The van der Waals surface area contributed by atoms with Crippen LogP contribution < -0.4 is 15.5 Å². The molecule has 9 heteroatoms. The van der Waals surface area contributed by atoms with Crippen LogP contribution in [0.3, 0.4) is 0 Å². The van der Waals surface area contributed by atoms with Crippen LogP contribution in [0.5, 0.6) is 0 Å². The third kappa shape index (κ3) is 5.99. The van der Waals surface area contributed by atoms with Crippen LogP contribution in [-0.2, 0) is 4.79 Å². The van der Waals surface area contributed by atoms with Crippen molar-refractivity contribution in [1.82, 2.24) is 15.1 Å². The molecule has 202 valence electrons. The van der Waals surface area contributed by atoms with Gasteiger partial charge >= 0.3 is 0 Å². The van der Waals surface area contributed by atoms with Gasteiger partial charge in [-0.2, -0.15) is 0 Å². The van der Waals surface area contributed by atoms with Gasteiger partial charge in [0.15, 0.2) is 0 Å². The molecule has 38 heavy (non-hydrogen) atoms. The molecule has 0 spiro atoms. The maximum absolute atomic E-state index is 13.3. The summed E-state index contributed by atoms with van der Waals surface area (Å²) in [6.07, 6.45) is 4.52. The molecular weight excluding hydrogens is 485 g/mol. The van der Waals surface area contributed by atoms with E-state index in [9.17, 15) is 18.8 Å². The first-order valence-electron chi connectivity index (χ1n) is 13.7. The highest BCUT2D eigenvalue weighted by molar-refractivity contribution is 6.01. The normalized spacial score (nSPS) is 18.8. The molecule has 2 saturated heterocycles. The smallest absolute Gasteiger partial charge is 0.253 e. The van der Waals surface area contributed by atoms with Gasteiger partial charge in [0.1, 0.15) is 5.82 Å². The van der Waals surface area contributed by atoms with Crippen molar-refractivity contribution in [3.05, 3.63) is 59.4 Å². The third-order valence-corrected chi connectivity index (χ3v) is 7.82. The summed E-state index contributed by atoms with van der Waals surface area (Å²) in [5.41, 5.74) is 2.56. The van der Waals surface area contributed by atoms with Crippen molar-refractivity contribution in [2.24, 2.45) is 5.92 Å². The van der Waals surface area contributed by atoms with Gasteiger partial charge in [0.25, 0.3) is 11.8 Å². The molecule has 0 radical (unpaired) electrons. The van der Waals surface area contributed by atoms with E-state index in [0.29, 0.717) is 56.1 Å². The van der Waals surface area contributed by atoms with Crippen LogP contribution in [0, 0.1) is 11.7 Å². The number of anilines is 2. The number of rotatable bonds is 5. The highest BCUT2D eigenvalue weighted by Gasteiger charge is 2.28. The van der Waals surface area contributed by atoms with Crippen LogP contribution in [-0.4, -0.2) is 79.9 Å². The molecule has 1 aliphatic carbocycles. The molecule has 3 amide bonds. The number of nitrogens with zero attached hydrogens (tertiary/aromatic N) is 3. The van der Waals surface area contributed by atoms with E-state index in [1.807, 2.05) is 23.1 Å². The van der Waals surface area contributed by atoms with Crippen molar-refractivity contribution in [1.29, 1.82) is 0 Å². The maximum atomic E-state index is 13.3. The molecule has 0 unspecified atom stereocenters. The number of halogens is 1. The fraction of sp³-hybridized carbons (Fsp3) is 0.483. The summed E-state index contributed by atoms with van der Waals surface area (Å²) in [7, 11) is 0. The Labute approximate surface area is 223 Å². The van der Waals surface area contributed by atoms with Gasteiger partial charge in [-0.15, -0.1) is 0 Å². The molecule has 3 aliphatic rings. The summed E-state index contributed by atoms with van der Waals surface area (Å²) in [5, 5.41) is 6.45. The Balaban J connectivity index is 1.34. The molecule has 2 N–H and O–H groups in total. The second-order valence-electron chi connectivity index (χ2n) is 10.4. The van der Waals surface area contributed by atoms with Crippen LogP contribution >= 0.6 is 0 Å². The fourth-order valence-corrected chi connectivity index (χ4v) is 5.32. The molecule has 1 saturated carbocycles. The predicted octanol–water partition coefficient (Wildman–Crippen LogP) is 3.35. The predicted molar refractivity (Wildman–Crippen MR) is 145 cm³/mol. The van der Waals surface area contributed by atoms with Gasteiger partial charge < -0.3 is 25.3 Å². The number of amides is 3. The van der Waals surface area contributed by atoms with Gasteiger partial charge in [0.05, 0.1) is 11.4 Å².